The first-order chi connectivity index (χ1) is 9.47. The first-order valence-corrected chi connectivity index (χ1v) is 7.35. The number of fused-ring (bicyclic) bond motifs is 1. The molecule has 0 saturated heterocycles. The molecule has 0 aliphatic rings. The van der Waals surface area contributed by atoms with Crippen molar-refractivity contribution in [2.75, 3.05) is 0 Å². The van der Waals surface area contributed by atoms with E-state index in [9.17, 15) is 4.39 Å². The summed E-state index contributed by atoms with van der Waals surface area (Å²) in [5.74, 6) is -0.230. The van der Waals surface area contributed by atoms with Gasteiger partial charge in [0.15, 0.2) is 4.77 Å². The topological polar surface area (TPSA) is 20.7 Å². The number of H-pyrrole nitrogens is 1. The molecule has 0 spiro atoms. The van der Waals surface area contributed by atoms with Crippen LogP contribution in [0.15, 0.2) is 34.8 Å². The maximum Gasteiger partial charge on any atom is 0.182 e. The summed E-state index contributed by atoms with van der Waals surface area (Å²) in [4.78, 5) is 3.06. The monoisotopic (exact) mass is 350 g/mol. The molecule has 0 aliphatic carbocycles. The van der Waals surface area contributed by atoms with E-state index in [1.54, 1.807) is 6.92 Å². The van der Waals surface area contributed by atoms with Crippen molar-refractivity contribution in [2.45, 2.75) is 13.8 Å². The van der Waals surface area contributed by atoms with Crippen LogP contribution in [-0.4, -0.2) is 9.55 Å². The van der Waals surface area contributed by atoms with Crippen LogP contribution in [0.5, 0.6) is 0 Å². The highest BCUT2D eigenvalue weighted by molar-refractivity contribution is 9.10. The zero-order valence-corrected chi connectivity index (χ0v) is 13.4. The summed E-state index contributed by atoms with van der Waals surface area (Å²) in [6.45, 7) is 3.78. The zero-order chi connectivity index (χ0) is 14.4. The van der Waals surface area contributed by atoms with E-state index in [4.69, 9.17) is 12.2 Å². The molecule has 0 unspecified atom stereocenters. The van der Waals surface area contributed by atoms with Gasteiger partial charge >= 0.3 is 0 Å². The molecule has 20 heavy (non-hydrogen) atoms. The third-order valence-corrected chi connectivity index (χ3v) is 4.15. The molecule has 0 radical (unpaired) electrons. The zero-order valence-electron chi connectivity index (χ0n) is 11.0. The summed E-state index contributed by atoms with van der Waals surface area (Å²) >= 11 is 8.87. The number of nitrogens with one attached hydrogen (secondary N) is 1. The van der Waals surface area contributed by atoms with Gasteiger partial charge in [-0.05, 0) is 61.5 Å². The molecular weight excluding hydrogens is 339 g/mol. The molecule has 0 saturated carbocycles. The Morgan fingerprint density at radius 2 is 1.90 bits per heavy atom. The maximum atomic E-state index is 13.7. The summed E-state index contributed by atoms with van der Waals surface area (Å²) < 4.78 is 17.1. The van der Waals surface area contributed by atoms with Crippen LogP contribution in [0.4, 0.5) is 4.39 Å². The molecule has 3 rings (SSSR count). The summed E-state index contributed by atoms with van der Waals surface area (Å²) in [5, 5.41) is 0. The second-order valence-electron chi connectivity index (χ2n) is 4.81. The van der Waals surface area contributed by atoms with Crippen molar-refractivity contribution in [2.24, 2.45) is 0 Å². The van der Waals surface area contributed by atoms with Gasteiger partial charge in [-0.3, -0.25) is 4.57 Å². The van der Waals surface area contributed by atoms with Crippen LogP contribution in [-0.2, 0) is 0 Å². The van der Waals surface area contributed by atoms with E-state index in [0.29, 0.717) is 15.9 Å². The van der Waals surface area contributed by atoms with Crippen molar-refractivity contribution in [3.63, 3.8) is 0 Å². The average molecular weight is 351 g/mol. The average Bonchev–Trinajstić information content (AvgIpc) is 2.69. The fraction of sp³-hybridized carbons (Fsp3) is 0.133. The molecule has 0 bridgehead atoms. The summed E-state index contributed by atoms with van der Waals surface area (Å²) in [5.41, 5.74) is 4.29. The molecule has 0 fully saturated rings. The highest BCUT2D eigenvalue weighted by atomic mass is 79.9. The first kappa shape index (κ1) is 13.5. The van der Waals surface area contributed by atoms with Crippen LogP contribution in [0.3, 0.4) is 0 Å². The van der Waals surface area contributed by atoms with Crippen LogP contribution in [0, 0.1) is 24.4 Å². The van der Waals surface area contributed by atoms with Crippen molar-refractivity contribution in [3.8, 4) is 5.69 Å². The van der Waals surface area contributed by atoms with E-state index >= 15 is 0 Å². The minimum absolute atomic E-state index is 0.230. The lowest BCUT2D eigenvalue weighted by Crippen LogP contribution is -1.97. The second-order valence-corrected chi connectivity index (χ2v) is 6.12. The van der Waals surface area contributed by atoms with E-state index in [2.05, 4.69) is 20.9 Å². The predicted molar refractivity (Wildman–Crippen MR) is 85.6 cm³/mol. The van der Waals surface area contributed by atoms with Gasteiger partial charge in [0.25, 0.3) is 0 Å². The highest BCUT2D eigenvalue weighted by Gasteiger charge is 2.11. The standard InChI is InChI=1S/C15H12BrFN2S/c1-8-3-4-10(16)6-13(8)19-14-5-9(2)11(17)7-12(14)18-15(19)20/h3-7H,1-2H3,(H,18,20). The molecule has 0 amide bonds. The van der Waals surface area contributed by atoms with E-state index in [1.807, 2.05) is 35.8 Å². The number of hydrogen-bond acceptors (Lipinski definition) is 1. The number of rotatable bonds is 1. The molecule has 0 aliphatic heterocycles. The van der Waals surface area contributed by atoms with Crippen LogP contribution in [0.1, 0.15) is 11.1 Å². The Balaban J connectivity index is 2.42. The quantitative estimate of drug-likeness (QED) is 0.597. The van der Waals surface area contributed by atoms with Crippen LogP contribution in [0.25, 0.3) is 16.7 Å². The normalized spacial score (nSPS) is 11.2. The Labute approximate surface area is 129 Å². The Morgan fingerprint density at radius 3 is 2.65 bits per heavy atom. The summed E-state index contributed by atoms with van der Waals surface area (Å²) in [7, 11) is 0. The molecular formula is C15H12BrFN2S. The predicted octanol–water partition coefficient (Wildman–Crippen LogP) is 5.21. The third kappa shape index (κ3) is 2.11. The number of nitrogens with zero attached hydrogens (tertiary/aromatic N) is 1. The van der Waals surface area contributed by atoms with Gasteiger partial charge in [0.05, 0.1) is 16.7 Å². The molecule has 5 heteroatoms. The van der Waals surface area contributed by atoms with E-state index < -0.39 is 0 Å². The molecule has 1 heterocycles. The Bertz CT molecular complexity index is 879. The van der Waals surface area contributed by atoms with Gasteiger partial charge in [-0.25, -0.2) is 4.39 Å². The first-order valence-electron chi connectivity index (χ1n) is 6.15. The molecule has 102 valence electrons. The van der Waals surface area contributed by atoms with Crippen molar-refractivity contribution < 1.29 is 4.39 Å². The van der Waals surface area contributed by atoms with Gasteiger partial charge in [-0.1, -0.05) is 22.0 Å². The Hall–Kier alpha value is -1.46. The Morgan fingerprint density at radius 1 is 1.15 bits per heavy atom. The maximum absolute atomic E-state index is 13.7. The lowest BCUT2D eigenvalue weighted by atomic mass is 10.1. The number of aryl methyl sites for hydroxylation is 2. The number of halogens is 2. The van der Waals surface area contributed by atoms with Gasteiger partial charge in [-0.15, -0.1) is 0 Å². The van der Waals surface area contributed by atoms with Crippen LogP contribution >= 0.6 is 28.1 Å². The molecule has 0 atom stereocenters. The van der Waals surface area contributed by atoms with E-state index in [0.717, 1.165) is 21.2 Å². The number of aromatic amines is 1. The van der Waals surface area contributed by atoms with Crippen molar-refractivity contribution in [1.82, 2.24) is 9.55 Å². The van der Waals surface area contributed by atoms with Crippen molar-refractivity contribution in [1.29, 1.82) is 0 Å². The van der Waals surface area contributed by atoms with Crippen LogP contribution < -0.4 is 0 Å². The van der Waals surface area contributed by atoms with Gasteiger partial charge in [0, 0.05) is 4.47 Å². The van der Waals surface area contributed by atoms with Crippen molar-refractivity contribution >= 4 is 39.2 Å². The molecule has 2 aromatic carbocycles. The minimum Gasteiger partial charge on any atom is -0.330 e. The van der Waals surface area contributed by atoms with Gasteiger partial charge in [-0.2, -0.15) is 0 Å². The highest BCUT2D eigenvalue weighted by Crippen LogP contribution is 2.26. The lowest BCUT2D eigenvalue weighted by molar-refractivity contribution is 0.620. The molecule has 2 nitrogen and oxygen atoms in total. The molecule has 3 aromatic rings. The Kier molecular flexibility index (Phi) is 3.26. The molecule has 1 N–H and O–H groups in total. The van der Waals surface area contributed by atoms with Crippen molar-refractivity contribution in [3.05, 3.63) is 56.5 Å². The van der Waals surface area contributed by atoms with Gasteiger partial charge in [0.2, 0.25) is 0 Å². The van der Waals surface area contributed by atoms with Gasteiger partial charge in [0.1, 0.15) is 5.82 Å². The minimum atomic E-state index is -0.230. The third-order valence-electron chi connectivity index (χ3n) is 3.37. The lowest BCUT2D eigenvalue weighted by Gasteiger charge is -2.09. The fourth-order valence-corrected chi connectivity index (χ4v) is 2.95. The smallest absolute Gasteiger partial charge is 0.182 e. The van der Waals surface area contributed by atoms with E-state index in [-0.39, 0.29) is 5.82 Å². The van der Waals surface area contributed by atoms with E-state index in [1.165, 1.54) is 6.07 Å². The number of imidazole rings is 1. The largest absolute Gasteiger partial charge is 0.330 e. The summed E-state index contributed by atoms with van der Waals surface area (Å²) in [6, 6.07) is 9.33. The summed E-state index contributed by atoms with van der Waals surface area (Å²) in [6.07, 6.45) is 0. The fourth-order valence-electron chi connectivity index (χ4n) is 2.29. The number of benzene rings is 2. The van der Waals surface area contributed by atoms with Gasteiger partial charge < -0.3 is 4.98 Å². The van der Waals surface area contributed by atoms with Crippen LogP contribution in [0.2, 0.25) is 0 Å². The molecule has 1 aromatic heterocycles. The number of hydrogen-bond donors (Lipinski definition) is 1. The number of aromatic nitrogens is 2. The second kappa shape index (κ2) is 4.82. The SMILES string of the molecule is Cc1cc2c(cc1F)[nH]c(=S)n2-c1cc(Br)ccc1C.